The van der Waals surface area contributed by atoms with Crippen LogP contribution in [0.15, 0.2) is 48.8 Å². The fourth-order valence-electron chi connectivity index (χ4n) is 2.59. The molecule has 24 heavy (non-hydrogen) atoms. The molecule has 7 nitrogen and oxygen atoms in total. The van der Waals surface area contributed by atoms with Crippen molar-refractivity contribution in [1.29, 1.82) is 0 Å². The van der Waals surface area contributed by atoms with Gasteiger partial charge in [0.05, 0.1) is 10.7 Å². The second kappa shape index (κ2) is 7.50. The second-order valence-electron chi connectivity index (χ2n) is 5.31. The first-order valence-electron chi connectivity index (χ1n) is 7.48. The number of nitrogens with zero attached hydrogens (tertiary/aromatic N) is 3. The Balaban J connectivity index is 2.33. The standard InChI is InChI=1S/C16H19N3O4S/c1-3-18(13(2)14-8-6-10-17-11-14)24(22,23)12-15-7-4-5-9-16(15)19(20)21/h4-11,13H,3,12H2,1-2H3/t13-/m0/s1. The lowest BCUT2D eigenvalue weighted by Gasteiger charge is -2.27. The Kier molecular flexibility index (Phi) is 5.63. The fraction of sp³-hybridized carbons (Fsp3) is 0.312. The normalized spacial score (nSPS) is 13.0. The van der Waals surface area contributed by atoms with Gasteiger partial charge in [0.15, 0.2) is 0 Å². The Bertz CT molecular complexity index is 809. The molecule has 0 N–H and O–H groups in total. The maximum atomic E-state index is 12.8. The van der Waals surface area contributed by atoms with Crippen LogP contribution in [-0.4, -0.2) is 29.2 Å². The van der Waals surface area contributed by atoms with Crippen LogP contribution in [0.5, 0.6) is 0 Å². The molecule has 0 aliphatic heterocycles. The van der Waals surface area contributed by atoms with Crippen molar-refractivity contribution in [3.8, 4) is 0 Å². The number of hydrogen-bond acceptors (Lipinski definition) is 5. The largest absolute Gasteiger partial charge is 0.273 e. The molecule has 0 unspecified atom stereocenters. The summed E-state index contributed by atoms with van der Waals surface area (Å²) in [5.41, 5.74) is 0.760. The molecule has 0 saturated carbocycles. The molecule has 1 aromatic carbocycles. The molecule has 0 aliphatic rings. The molecule has 2 aromatic rings. The van der Waals surface area contributed by atoms with E-state index in [4.69, 9.17) is 0 Å². The first-order valence-corrected chi connectivity index (χ1v) is 9.09. The lowest BCUT2D eigenvalue weighted by atomic mass is 10.1. The van der Waals surface area contributed by atoms with Crippen LogP contribution in [0.4, 0.5) is 5.69 Å². The molecule has 0 saturated heterocycles. The molecule has 1 aromatic heterocycles. The van der Waals surface area contributed by atoms with Crippen LogP contribution >= 0.6 is 0 Å². The third kappa shape index (κ3) is 3.95. The van der Waals surface area contributed by atoms with E-state index in [1.807, 2.05) is 0 Å². The quantitative estimate of drug-likeness (QED) is 0.566. The van der Waals surface area contributed by atoms with E-state index in [0.29, 0.717) is 0 Å². The van der Waals surface area contributed by atoms with Crippen LogP contribution in [0.1, 0.15) is 31.0 Å². The number of aromatic nitrogens is 1. The average molecular weight is 349 g/mol. The molecule has 1 heterocycles. The monoisotopic (exact) mass is 349 g/mol. The molecule has 0 radical (unpaired) electrons. The number of nitro benzene ring substituents is 1. The number of sulfonamides is 1. The first-order chi connectivity index (χ1) is 11.4. The summed E-state index contributed by atoms with van der Waals surface area (Å²) in [6.45, 7) is 3.78. The van der Waals surface area contributed by atoms with Gasteiger partial charge in [-0.05, 0) is 18.6 Å². The van der Waals surface area contributed by atoms with Gasteiger partial charge in [-0.15, -0.1) is 0 Å². The zero-order chi connectivity index (χ0) is 17.7. The highest BCUT2D eigenvalue weighted by atomic mass is 32.2. The van der Waals surface area contributed by atoms with Gasteiger partial charge in [0.2, 0.25) is 10.0 Å². The van der Waals surface area contributed by atoms with E-state index in [1.165, 1.54) is 22.5 Å². The van der Waals surface area contributed by atoms with Gasteiger partial charge >= 0.3 is 0 Å². The Morgan fingerprint density at radius 1 is 1.25 bits per heavy atom. The molecule has 0 spiro atoms. The van der Waals surface area contributed by atoms with Gasteiger partial charge in [0.1, 0.15) is 0 Å². The number of nitro groups is 1. The third-order valence-electron chi connectivity index (χ3n) is 3.79. The van der Waals surface area contributed by atoms with Crippen molar-refractivity contribution in [2.75, 3.05) is 6.54 Å². The van der Waals surface area contributed by atoms with E-state index < -0.39 is 26.7 Å². The number of pyridine rings is 1. The SMILES string of the molecule is CCN([C@@H](C)c1cccnc1)S(=O)(=O)Cc1ccccc1[N+](=O)[O-]. The first kappa shape index (κ1) is 18.0. The molecular formula is C16H19N3O4S. The molecule has 0 amide bonds. The summed E-state index contributed by atoms with van der Waals surface area (Å²) in [6, 6.07) is 9.04. The van der Waals surface area contributed by atoms with Crippen molar-refractivity contribution in [3.63, 3.8) is 0 Å². The van der Waals surface area contributed by atoms with Crippen LogP contribution in [0.3, 0.4) is 0 Å². The van der Waals surface area contributed by atoms with Gasteiger partial charge in [0.25, 0.3) is 5.69 Å². The van der Waals surface area contributed by atoms with E-state index in [9.17, 15) is 18.5 Å². The summed E-state index contributed by atoms with van der Waals surface area (Å²) in [5.74, 6) is -0.414. The molecule has 1 atom stereocenters. The van der Waals surface area contributed by atoms with Gasteiger partial charge < -0.3 is 0 Å². The average Bonchev–Trinajstić information content (AvgIpc) is 2.55. The minimum atomic E-state index is -3.73. The van der Waals surface area contributed by atoms with Crippen LogP contribution in [0.25, 0.3) is 0 Å². The highest BCUT2D eigenvalue weighted by Crippen LogP contribution is 2.27. The smallest absolute Gasteiger partial charge is 0.264 e. The van der Waals surface area contributed by atoms with Crippen molar-refractivity contribution >= 4 is 15.7 Å². The van der Waals surface area contributed by atoms with E-state index in [0.717, 1.165) is 5.56 Å². The molecule has 0 fully saturated rings. The van der Waals surface area contributed by atoms with Crippen LogP contribution < -0.4 is 0 Å². The van der Waals surface area contributed by atoms with Gasteiger partial charge in [-0.2, -0.15) is 4.31 Å². The Morgan fingerprint density at radius 3 is 2.54 bits per heavy atom. The molecule has 0 aliphatic carbocycles. The maximum Gasteiger partial charge on any atom is 0.273 e. The van der Waals surface area contributed by atoms with E-state index in [1.54, 1.807) is 44.4 Å². The summed E-state index contributed by atoms with van der Waals surface area (Å²) >= 11 is 0. The lowest BCUT2D eigenvalue weighted by molar-refractivity contribution is -0.385. The van der Waals surface area contributed by atoms with Crippen LogP contribution in [0, 0.1) is 10.1 Å². The van der Waals surface area contributed by atoms with Gasteiger partial charge in [0, 0.05) is 36.6 Å². The van der Waals surface area contributed by atoms with E-state index in [2.05, 4.69) is 4.98 Å². The van der Waals surface area contributed by atoms with Crippen LogP contribution in [0.2, 0.25) is 0 Å². The van der Waals surface area contributed by atoms with Crippen molar-refractivity contribution < 1.29 is 13.3 Å². The van der Waals surface area contributed by atoms with Crippen molar-refractivity contribution in [2.24, 2.45) is 0 Å². The Hall–Kier alpha value is -2.32. The third-order valence-corrected chi connectivity index (χ3v) is 5.76. The van der Waals surface area contributed by atoms with Gasteiger partial charge in [-0.1, -0.05) is 31.2 Å². The fourth-order valence-corrected chi connectivity index (χ4v) is 4.39. The summed E-state index contributed by atoms with van der Waals surface area (Å²) in [5, 5.41) is 11.1. The molecule has 8 heteroatoms. The summed E-state index contributed by atoms with van der Waals surface area (Å²) in [7, 11) is -3.73. The Labute approximate surface area is 141 Å². The van der Waals surface area contributed by atoms with E-state index >= 15 is 0 Å². The number of rotatable bonds is 7. The van der Waals surface area contributed by atoms with Crippen molar-refractivity contribution in [3.05, 3.63) is 70.0 Å². The summed E-state index contributed by atoms with van der Waals surface area (Å²) < 4.78 is 26.9. The zero-order valence-corrected chi connectivity index (χ0v) is 14.3. The topological polar surface area (TPSA) is 93.4 Å². The molecule has 2 rings (SSSR count). The summed E-state index contributed by atoms with van der Waals surface area (Å²) in [4.78, 5) is 14.5. The maximum absolute atomic E-state index is 12.8. The van der Waals surface area contributed by atoms with Crippen LogP contribution in [-0.2, 0) is 15.8 Å². The van der Waals surface area contributed by atoms with Gasteiger partial charge in [-0.3, -0.25) is 15.1 Å². The molecule has 0 bridgehead atoms. The van der Waals surface area contributed by atoms with Crippen molar-refractivity contribution in [2.45, 2.75) is 25.6 Å². The number of hydrogen-bond donors (Lipinski definition) is 0. The predicted molar refractivity (Wildman–Crippen MR) is 90.8 cm³/mol. The minimum Gasteiger partial charge on any atom is -0.264 e. The summed E-state index contributed by atoms with van der Waals surface area (Å²) in [6.07, 6.45) is 3.24. The highest BCUT2D eigenvalue weighted by Gasteiger charge is 2.29. The van der Waals surface area contributed by atoms with E-state index in [-0.39, 0.29) is 17.8 Å². The number of benzene rings is 1. The molecule has 128 valence electrons. The van der Waals surface area contributed by atoms with Crippen molar-refractivity contribution in [1.82, 2.24) is 9.29 Å². The Morgan fingerprint density at radius 2 is 1.96 bits per heavy atom. The highest BCUT2D eigenvalue weighted by molar-refractivity contribution is 7.88. The molecular weight excluding hydrogens is 330 g/mol. The minimum absolute atomic E-state index is 0.180. The lowest BCUT2D eigenvalue weighted by Crippen LogP contribution is -2.34. The van der Waals surface area contributed by atoms with Gasteiger partial charge in [-0.25, -0.2) is 8.42 Å². The number of para-hydroxylation sites is 1. The predicted octanol–water partition coefficient (Wildman–Crippen LogP) is 2.90. The zero-order valence-electron chi connectivity index (χ0n) is 13.5. The second-order valence-corrected chi connectivity index (χ2v) is 7.23.